The molecule has 0 aromatic heterocycles. The molecule has 0 aliphatic carbocycles. The molecule has 1 nitrogen and oxygen atoms in total. The van der Waals surface area contributed by atoms with Gasteiger partial charge >= 0.3 is 6.18 Å². The largest absolute Gasteiger partial charge is 0.458 e. The van der Waals surface area contributed by atoms with Crippen LogP contribution in [0.1, 0.15) is 11.1 Å². The van der Waals surface area contributed by atoms with E-state index in [2.05, 4.69) is 0 Å². The van der Waals surface area contributed by atoms with E-state index in [1.807, 2.05) is 12.0 Å². The fourth-order valence-electron chi connectivity index (χ4n) is 0.810. The fourth-order valence-corrected chi connectivity index (χ4v) is 0.810. The number of alkyl halides is 3. The molecule has 70 valence electrons. The molecule has 1 aromatic carbocycles. The lowest BCUT2D eigenvalue weighted by Gasteiger charge is -1.93. The molecule has 0 atom stereocenters. The van der Waals surface area contributed by atoms with Gasteiger partial charge in [-0.2, -0.15) is 18.4 Å². The van der Waals surface area contributed by atoms with Crippen LogP contribution in [0.25, 0.3) is 0 Å². The van der Waals surface area contributed by atoms with Crippen molar-refractivity contribution in [1.29, 1.82) is 5.26 Å². The Balaban J connectivity index is 2.98. The smallest absolute Gasteiger partial charge is 0.192 e. The van der Waals surface area contributed by atoms with E-state index in [1.54, 1.807) is 0 Å². The van der Waals surface area contributed by atoms with Gasteiger partial charge < -0.3 is 0 Å². The third kappa shape index (κ3) is 3.20. The van der Waals surface area contributed by atoms with Crippen LogP contribution < -0.4 is 0 Å². The topological polar surface area (TPSA) is 23.8 Å². The maximum atomic E-state index is 11.7. The highest BCUT2D eigenvalue weighted by Crippen LogP contribution is 2.12. The van der Waals surface area contributed by atoms with Gasteiger partial charge in [0.05, 0.1) is 11.6 Å². The van der Waals surface area contributed by atoms with E-state index >= 15 is 0 Å². The van der Waals surface area contributed by atoms with Crippen molar-refractivity contribution in [2.75, 3.05) is 0 Å². The summed E-state index contributed by atoms with van der Waals surface area (Å²) in [7, 11) is 0. The Morgan fingerprint density at radius 3 is 2.36 bits per heavy atom. The SMILES string of the molecule is N#Cc1cccc(C#CC(F)(F)F)c1. The normalized spacial score (nSPS) is 9.86. The van der Waals surface area contributed by atoms with Crippen molar-refractivity contribution in [3.63, 3.8) is 0 Å². The van der Waals surface area contributed by atoms with Crippen LogP contribution >= 0.6 is 0 Å². The van der Waals surface area contributed by atoms with Crippen LogP contribution in [0.2, 0.25) is 0 Å². The van der Waals surface area contributed by atoms with Crippen LogP contribution in [0.15, 0.2) is 24.3 Å². The third-order valence-corrected chi connectivity index (χ3v) is 1.34. The Kier molecular flexibility index (Phi) is 2.79. The van der Waals surface area contributed by atoms with Gasteiger partial charge in [-0.05, 0) is 18.2 Å². The Morgan fingerprint density at radius 2 is 1.79 bits per heavy atom. The number of hydrogen-bond acceptors (Lipinski definition) is 1. The first-order chi connectivity index (χ1) is 6.51. The van der Waals surface area contributed by atoms with Gasteiger partial charge in [0.25, 0.3) is 0 Å². The number of rotatable bonds is 0. The van der Waals surface area contributed by atoms with Gasteiger partial charge in [-0.1, -0.05) is 12.0 Å². The molecular weight excluding hydrogens is 191 g/mol. The summed E-state index contributed by atoms with van der Waals surface area (Å²) in [6.45, 7) is 0. The van der Waals surface area contributed by atoms with E-state index in [0.29, 0.717) is 5.56 Å². The monoisotopic (exact) mass is 195 g/mol. The summed E-state index contributed by atoms with van der Waals surface area (Å²) in [4.78, 5) is 0. The third-order valence-electron chi connectivity index (χ3n) is 1.34. The van der Waals surface area contributed by atoms with Crippen molar-refractivity contribution < 1.29 is 13.2 Å². The lowest BCUT2D eigenvalue weighted by atomic mass is 10.1. The molecule has 0 saturated heterocycles. The van der Waals surface area contributed by atoms with Crippen LogP contribution in [0, 0.1) is 23.2 Å². The number of nitriles is 1. The molecule has 0 heterocycles. The molecule has 0 spiro atoms. The van der Waals surface area contributed by atoms with Gasteiger partial charge in [0.15, 0.2) is 0 Å². The number of halogens is 3. The molecule has 14 heavy (non-hydrogen) atoms. The number of benzene rings is 1. The summed E-state index contributed by atoms with van der Waals surface area (Å²) >= 11 is 0. The molecule has 0 unspecified atom stereocenters. The van der Waals surface area contributed by atoms with E-state index in [1.165, 1.54) is 24.3 Å². The molecule has 0 aliphatic rings. The van der Waals surface area contributed by atoms with Crippen LogP contribution in [0.5, 0.6) is 0 Å². The van der Waals surface area contributed by atoms with Crippen molar-refractivity contribution in [2.24, 2.45) is 0 Å². The second kappa shape index (κ2) is 3.85. The molecule has 0 radical (unpaired) electrons. The Hall–Kier alpha value is -1.94. The van der Waals surface area contributed by atoms with E-state index < -0.39 is 6.18 Å². The van der Waals surface area contributed by atoms with E-state index in [4.69, 9.17) is 5.26 Å². The highest BCUT2D eigenvalue weighted by molar-refractivity contribution is 5.41. The van der Waals surface area contributed by atoms with Gasteiger partial charge in [-0.25, -0.2) is 0 Å². The lowest BCUT2D eigenvalue weighted by molar-refractivity contribution is -0.0696. The molecule has 4 heteroatoms. The molecule has 0 amide bonds. The summed E-state index contributed by atoms with van der Waals surface area (Å²) < 4.78 is 35.1. The Morgan fingerprint density at radius 1 is 1.14 bits per heavy atom. The summed E-state index contributed by atoms with van der Waals surface area (Å²) in [6, 6.07) is 7.52. The molecule has 0 saturated carbocycles. The van der Waals surface area contributed by atoms with Gasteiger partial charge in [-0.15, -0.1) is 0 Å². The minimum atomic E-state index is -4.50. The number of nitrogens with zero attached hydrogens (tertiary/aromatic N) is 1. The van der Waals surface area contributed by atoms with Gasteiger partial charge in [0.1, 0.15) is 0 Å². The Bertz CT molecular complexity index is 429. The molecule has 0 aliphatic heterocycles. The quantitative estimate of drug-likeness (QED) is 0.583. The first-order valence-corrected chi connectivity index (χ1v) is 3.61. The number of hydrogen-bond donors (Lipinski definition) is 0. The predicted octanol–water partition coefficient (Wildman–Crippen LogP) is 2.47. The van der Waals surface area contributed by atoms with E-state index in [9.17, 15) is 13.2 Å². The summed E-state index contributed by atoms with van der Waals surface area (Å²) in [6.07, 6.45) is -4.50. The second-order valence-electron chi connectivity index (χ2n) is 2.44. The summed E-state index contributed by atoms with van der Waals surface area (Å²) in [5.74, 6) is 3.06. The van der Waals surface area contributed by atoms with Crippen molar-refractivity contribution in [2.45, 2.75) is 6.18 Å². The van der Waals surface area contributed by atoms with Crippen LogP contribution in [-0.2, 0) is 0 Å². The standard InChI is InChI=1S/C10H4F3N/c11-10(12,13)5-4-8-2-1-3-9(6-8)7-14/h1-3,6H. The summed E-state index contributed by atoms with van der Waals surface area (Å²) in [5.41, 5.74) is 0.473. The predicted molar refractivity (Wildman–Crippen MR) is 44.1 cm³/mol. The lowest BCUT2D eigenvalue weighted by Crippen LogP contribution is -2.01. The second-order valence-corrected chi connectivity index (χ2v) is 2.44. The molecule has 0 bridgehead atoms. The van der Waals surface area contributed by atoms with Crippen molar-refractivity contribution >= 4 is 0 Å². The molecule has 1 aromatic rings. The minimum absolute atomic E-state index is 0.182. The van der Waals surface area contributed by atoms with Crippen molar-refractivity contribution in [1.82, 2.24) is 0 Å². The maximum Gasteiger partial charge on any atom is 0.458 e. The molecule has 1 rings (SSSR count). The maximum absolute atomic E-state index is 11.7. The van der Waals surface area contributed by atoms with E-state index in [0.717, 1.165) is 5.92 Å². The summed E-state index contributed by atoms with van der Waals surface area (Å²) in [5, 5.41) is 8.47. The zero-order chi connectivity index (χ0) is 10.6. The van der Waals surface area contributed by atoms with Crippen LogP contribution in [0.3, 0.4) is 0 Å². The average Bonchev–Trinajstić information content (AvgIpc) is 2.14. The van der Waals surface area contributed by atoms with E-state index in [-0.39, 0.29) is 5.56 Å². The fraction of sp³-hybridized carbons (Fsp3) is 0.100. The average molecular weight is 195 g/mol. The van der Waals surface area contributed by atoms with Gasteiger partial charge in [0.2, 0.25) is 0 Å². The highest BCUT2D eigenvalue weighted by atomic mass is 19.4. The molecule has 0 N–H and O–H groups in total. The zero-order valence-corrected chi connectivity index (χ0v) is 6.89. The highest BCUT2D eigenvalue weighted by Gasteiger charge is 2.22. The Labute approximate surface area is 78.8 Å². The molecular formula is C10H4F3N. The van der Waals surface area contributed by atoms with Gasteiger partial charge in [-0.3, -0.25) is 0 Å². The van der Waals surface area contributed by atoms with Gasteiger partial charge in [0, 0.05) is 11.5 Å². The van der Waals surface area contributed by atoms with Crippen molar-refractivity contribution in [3.05, 3.63) is 35.4 Å². The minimum Gasteiger partial charge on any atom is -0.192 e. The first kappa shape index (κ1) is 10.1. The van der Waals surface area contributed by atoms with Crippen molar-refractivity contribution in [3.8, 4) is 17.9 Å². The molecule has 0 fully saturated rings. The zero-order valence-electron chi connectivity index (χ0n) is 6.89. The first-order valence-electron chi connectivity index (χ1n) is 3.61. The van der Waals surface area contributed by atoms with Crippen LogP contribution in [-0.4, -0.2) is 6.18 Å². The van der Waals surface area contributed by atoms with Crippen LogP contribution in [0.4, 0.5) is 13.2 Å².